The Morgan fingerprint density at radius 3 is 2.35 bits per heavy atom. The summed E-state index contributed by atoms with van der Waals surface area (Å²) < 4.78 is 0. The zero-order valence-corrected chi connectivity index (χ0v) is 23.0. The van der Waals surface area contributed by atoms with E-state index in [2.05, 4.69) is 12.1 Å². The lowest BCUT2D eigenvalue weighted by Crippen LogP contribution is -2.56. The number of Topliss-reactive ketones (excluding diaryl/α,β-unsaturated/α-hetero) is 3. The van der Waals surface area contributed by atoms with E-state index in [1.807, 2.05) is 43.3 Å². The Balaban J connectivity index is 1.52. The van der Waals surface area contributed by atoms with Crippen LogP contribution in [0.25, 0.3) is 0 Å². The lowest BCUT2D eigenvalue weighted by Gasteiger charge is -2.46. The summed E-state index contributed by atoms with van der Waals surface area (Å²) in [7, 11) is 3.73. The first kappa shape index (κ1) is 27.6. The van der Waals surface area contributed by atoms with Crippen LogP contribution in [0.1, 0.15) is 59.7 Å². The number of benzene rings is 2. The minimum absolute atomic E-state index is 0.0811. The second-order valence-electron chi connectivity index (χ2n) is 11.4. The van der Waals surface area contributed by atoms with Crippen molar-refractivity contribution in [1.82, 2.24) is 0 Å². The number of anilines is 1. The van der Waals surface area contributed by atoms with E-state index in [0.29, 0.717) is 24.0 Å². The molecule has 3 aliphatic carbocycles. The van der Waals surface area contributed by atoms with Gasteiger partial charge in [0.05, 0.1) is 5.56 Å². The number of carbonyl (C=O) groups excluding carboxylic acids is 3. The van der Waals surface area contributed by atoms with Crippen LogP contribution in [0, 0.1) is 11.8 Å². The van der Waals surface area contributed by atoms with Gasteiger partial charge in [-0.25, -0.2) is 0 Å². The van der Waals surface area contributed by atoms with Gasteiger partial charge >= 0.3 is 0 Å². The number of ketones is 3. The predicted octanol–water partition coefficient (Wildman–Crippen LogP) is 4.32. The number of fused-ring (bicyclic) bond motifs is 3. The van der Waals surface area contributed by atoms with Gasteiger partial charge in [0.2, 0.25) is 5.78 Å². The first-order chi connectivity index (χ1) is 19.0. The lowest BCUT2D eigenvalue weighted by atomic mass is 9.60. The lowest BCUT2D eigenvalue weighted by molar-refractivity contribution is -0.144. The van der Waals surface area contributed by atoms with Crippen molar-refractivity contribution in [3.63, 3.8) is 0 Å². The summed E-state index contributed by atoms with van der Waals surface area (Å²) in [4.78, 5) is 41.2. The largest absolute Gasteiger partial charge is 0.511 e. The van der Waals surface area contributed by atoms with Gasteiger partial charge in [0.1, 0.15) is 22.8 Å². The molecule has 0 saturated heterocycles. The molecular formula is C32H35NO7. The Bertz CT molecular complexity index is 1470. The van der Waals surface area contributed by atoms with Crippen LogP contribution in [-0.4, -0.2) is 57.5 Å². The summed E-state index contributed by atoms with van der Waals surface area (Å²) in [5.41, 5.74) is 0.235. The second-order valence-corrected chi connectivity index (χ2v) is 11.4. The average Bonchev–Trinajstić information content (AvgIpc) is 2.90. The minimum Gasteiger partial charge on any atom is -0.511 e. The number of allylic oxidation sites excluding steroid dienone is 2. The van der Waals surface area contributed by atoms with Gasteiger partial charge in [-0.2, -0.15) is 0 Å². The SMILES string of the molecule is CC(=O)C1=C(O)C[C@@H]2C[C@@H]3Cc4c(N(C)C)cc(CCCCc5ccccc5)c(O)c4C(=O)C3=C(O)[C@]2(O)C1=O. The molecule has 4 N–H and O–H groups in total. The van der Waals surface area contributed by atoms with Crippen LogP contribution < -0.4 is 4.90 Å². The zero-order valence-electron chi connectivity index (χ0n) is 23.0. The number of phenols is 1. The fraction of sp³-hybridized carbons (Fsp3) is 0.406. The number of aryl methyl sites for hydroxylation is 2. The highest BCUT2D eigenvalue weighted by molar-refractivity contribution is 6.25. The summed E-state index contributed by atoms with van der Waals surface area (Å²) in [6, 6.07) is 12.0. The van der Waals surface area contributed by atoms with E-state index >= 15 is 0 Å². The fourth-order valence-corrected chi connectivity index (χ4v) is 6.71. The molecule has 2 aromatic carbocycles. The quantitative estimate of drug-likeness (QED) is 0.299. The number of carbonyl (C=O) groups is 3. The molecule has 3 atom stereocenters. The number of aromatic hydroxyl groups is 1. The summed E-state index contributed by atoms with van der Waals surface area (Å²) in [5, 5.41) is 44.6. The molecule has 0 aromatic heterocycles. The molecule has 0 heterocycles. The number of hydrogen-bond acceptors (Lipinski definition) is 8. The molecule has 0 fully saturated rings. The van der Waals surface area contributed by atoms with Crippen molar-refractivity contribution in [1.29, 1.82) is 0 Å². The van der Waals surface area contributed by atoms with Crippen LogP contribution in [0.5, 0.6) is 5.75 Å². The van der Waals surface area contributed by atoms with E-state index in [-0.39, 0.29) is 29.7 Å². The molecule has 0 radical (unpaired) electrons. The van der Waals surface area contributed by atoms with Gasteiger partial charge in [0, 0.05) is 37.7 Å². The van der Waals surface area contributed by atoms with Crippen LogP contribution in [0.2, 0.25) is 0 Å². The fourth-order valence-electron chi connectivity index (χ4n) is 6.71. The Kier molecular flexibility index (Phi) is 7.08. The molecule has 40 heavy (non-hydrogen) atoms. The van der Waals surface area contributed by atoms with Crippen molar-refractivity contribution in [2.24, 2.45) is 11.8 Å². The van der Waals surface area contributed by atoms with E-state index < -0.39 is 51.9 Å². The third-order valence-corrected chi connectivity index (χ3v) is 8.71. The van der Waals surface area contributed by atoms with Gasteiger partial charge in [-0.1, -0.05) is 30.3 Å². The molecule has 0 spiro atoms. The highest BCUT2D eigenvalue weighted by Crippen LogP contribution is 2.52. The topological polar surface area (TPSA) is 135 Å². The Labute approximate surface area is 233 Å². The summed E-state index contributed by atoms with van der Waals surface area (Å²) in [6.45, 7) is 1.10. The molecule has 5 rings (SSSR count). The Hall–Kier alpha value is -3.91. The van der Waals surface area contributed by atoms with Crippen molar-refractivity contribution in [3.05, 3.63) is 81.3 Å². The van der Waals surface area contributed by atoms with Gasteiger partial charge in [0.15, 0.2) is 17.2 Å². The summed E-state index contributed by atoms with van der Waals surface area (Å²) in [5.74, 6) is -5.20. The number of nitrogens with zero attached hydrogens (tertiary/aromatic N) is 1. The van der Waals surface area contributed by atoms with Crippen molar-refractivity contribution >= 4 is 23.0 Å². The highest BCUT2D eigenvalue weighted by Gasteiger charge is 2.59. The van der Waals surface area contributed by atoms with Gasteiger partial charge in [-0.3, -0.25) is 14.4 Å². The average molecular weight is 546 g/mol. The minimum atomic E-state index is -2.48. The molecule has 0 amide bonds. The van der Waals surface area contributed by atoms with Crippen molar-refractivity contribution in [3.8, 4) is 5.75 Å². The van der Waals surface area contributed by atoms with Crippen LogP contribution in [0.4, 0.5) is 5.69 Å². The van der Waals surface area contributed by atoms with E-state index in [1.165, 1.54) is 5.56 Å². The maximum atomic E-state index is 14.0. The molecule has 0 bridgehead atoms. The zero-order chi connectivity index (χ0) is 28.9. The van der Waals surface area contributed by atoms with Crippen LogP contribution >= 0.6 is 0 Å². The van der Waals surface area contributed by atoms with E-state index in [9.17, 15) is 34.8 Å². The van der Waals surface area contributed by atoms with Gasteiger partial charge in [-0.05, 0) is 74.1 Å². The molecule has 0 unspecified atom stereocenters. The molecular weight excluding hydrogens is 510 g/mol. The van der Waals surface area contributed by atoms with Gasteiger partial charge in [0.25, 0.3) is 0 Å². The van der Waals surface area contributed by atoms with Crippen molar-refractivity contribution < 1.29 is 34.8 Å². The molecule has 3 aliphatic rings. The van der Waals surface area contributed by atoms with Crippen molar-refractivity contribution in [2.45, 2.75) is 57.5 Å². The monoisotopic (exact) mass is 545 g/mol. The van der Waals surface area contributed by atoms with E-state index in [0.717, 1.165) is 31.9 Å². The molecule has 8 nitrogen and oxygen atoms in total. The number of aliphatic hydroxyl groups excluding tert-OH is 2. The highest BCUT2D eigenvalue weighted by atomic mass is 16.3. The first-order valence-electron chi connectivity index (χ1n) is 13.7. The number of hydrogen-bond donors (Lipinski definition) is 4. The predicted molar refractivity (Wildman–Crippen MR) is 150 cm³/mol. The number of unbranched alkanes of at least 4 members (excludes halogenated alkanes) is 1. The van der Waals surface area contributed by atoms with Gasteiger partial charge in [-0.15, -0.1) is 0 Å². The van der Waals surface area contributed by atoms with E-state index in [1.54, 1.807) is 0 Å². The number of aliphatic hydroxyl groups is 3. The Morgan fingerprint density at radius 2 is 1.70 bits per heavy atom. The van der Waals surface area contributed by atoms with Crippen LogP contribution in [0.15, 0.2) is 59.1 Å². The summed E-state index contributed by atoms with van der Waals surface area (Å²) >= 11 is 0. The molecule has 0 aliphatic heterocycles. The van der Waals surface area contributed by atoms with Crippen molar-refractivity contribution in [2.75, 3.05) is 19.0 Å². The molecule has 2 aromatic rings. The van der Waals surface area contributed by atoms with E-state index in [4.69, 9.17) is 0 Å². The second kappa shape index (κ2) is 10.2. The van der Waals surface area contributed by atoms with Crippen LogP contribution in [-0.2, 0) is 28.9 Å². The standard InChI is InChI=1S/C32H35NO7/c1-17(34)25-24(35)16-21-13-20-14-22-23(33(2)3)15-19(12-8-7-11-18-9-5-4-6-10-18)28(36)27(22)29(37)26(20)31(39)32(21,40)30(25)38/h4-6,9-10,15,20-21,35-36,39-40H,7-8,11-14,16H2,1-3H3/t20-,21+,32-/m1/s1. The number of phenolic OH excluding ortho intramolecular Hbond substituents is 1. The van der Waals surface area contributed by atoms with Crippen LogP contribution in [0.3, 0.4) is 0 Å². The third-order valence-electron chi connectivity index (χ3n) is 8.71. The first-order valence-corrected chi connectivity index (χ1v) is 13.7. The molecule has 210 valence electrons. The Morgan fingerprint density at radius 1 is 1.02 bits per heavy atom. The normalized spacial score (nSPS) is 24.0. The third kappa shape index (κ3) is 4.31. The molecule has 8 heteroatoms. The summed E-state index contributed by atoms with van der Waals surface area (Å²) in [6.07, 6.45) is 3.42. The smallest absolute Gasteiger partial charge is 0.209 e. The molecule has 0 saturated carbocycles. The van der Waals surface area contributed by atoms with Gasteiger partial charge < -0.3 is 25.3 Å². The number of rotatable bonds is 7. The maximum absolute atomic E-state index is 14.0. The maximum Gasteiger partial charge on any atom is 0.209 e.